The van der Waals surface area contributed by atoms with Crippen molar-refractivity contribution in [3.8, 4) is 11.5 Å². The Balaban J connectivity index is 2.70. The summed E-state index contributed by atoms with van der Waals surface area (Å²) < 4.78 is 10.4. The van der Waals surface area contributed by atoms with Crippen molar-refractivity contribution in [3.63, 3.8) is 0 Å². The van der Waals surface area contributed by atoms with Crippen molar-refractivity contribution >= 4 is 0 Å². The Morgan fingerprint density at radius 1 is 1.29 bits per heavy atom. The van der Waals surface area contributed by atoms with Crippen molar-refractivity contribution in [2.45, 2.75) is 25.9 Å². The zero-order valence-electron chi connectivity index (χ0n) is 10.7. The number of ether oxygens (including phenoxy) is 2. The summed E-state index contributed by atoms with van der Waals surface area (Å²) in [6.45, 7) is 2.86. The highest BCUT2D eigenvalue weighted by Gasteiger charge is 2.08. The van der Waals surface area contributed by atoms with Gasteiger partial charge in [-0.3, -0.25) is 0 Å². The van der Waals surface area contributed by atoms with E-state index in [1.54, 1.807) is 14.2 Å². The van der Waals surface area contributed by atoms with Crippen LogP contribution in [0.4, 0.5) is 0 Å². The molecule has 0 aliphatic rings. The lowest BCUT2D eigenvalue weighted by molar-refractivity contribution is 0.238. The highest BCUT2D eigenvalue weighted by Crippen LogP contribution is 2.24. The summed E-state index contributed by atoms with van der Waals surface area (Å²) in [6.07, 6.45) is 0.898. The van der Waals surface area contributed by atoms with E-state index in [1.165, 1.54) is 0 Å². The second-order valence-corrected chi connectivity index (χ2v) is 3.85. The van der Waals surface area contributed by atoms with Gasteiger partial charge in [0, 0.05) is 24.2 Å². The lowest BCUT2D eigenvalue weighted by Gasteiger charge is -2.16. The second kappa shape index (κ2) is 7.14. The molecule has 1 aromatic rings. The summed E-state index contributed by atoms with van der Waals surface area (Å²) >= 11 is 0. The predicted molar refractivity (Wildman–Crippen MR) is 67.6 cm³/mol. The molecular weight excluding hydrogens is 218 g/mol. The number of benzene rings is 1. The number of nitrogens with one attached hydrogen (secondary N) is 1. The third kappa shape index (κ3) is 3.91. The van der Waals surface area contributed by atoms with E-state index in [0.29, 0.717) is 6.54 Å². The summed E-state index contributed by atoms with van der Waals surface area (Å²) in [4.78, 5) is 0. The lowest BCUT2D eigenvalue weighted by Crippen LogP contribution is -2.31. The largest absolute Gasteiger partial charge is 0.497 e. The molecule has 0 fully saturated rings. The molecule has 0 bridgehead atoms. The number of aliphatic hydroxyl groups excluding tert-OH is 1. The number of methoxy groups -OCH3 is 2. The quantitative estimate of drug-likeness (QED) is 0.758. The van der Waals surface area contributed by atoms with Gasteiger partial charge in [-0.05, 0) is 12.5 Å². The van der Waals surface area contributed by atoms with Crippen molar-refractivity contribution in [3.05, 3.63) is 23.8 Å². The molecule has 0 aliphatic heterocycles. The molecule has 0 saturated heterocycles. The van der Waals surface area contributed by atoms with Crippen LogP contribution in [-0.2, 0) is 6.54 Å². The first-order chi connectivity index (χ1) is 8.24. The molecule has 17 heavy (non-hydrogen) atoms. The van der Waals surface area contributed by atoms with Crippen LogP contribution < -0.4 is 14.8 Å². The van der Waals surface area contributed by atoms with Crippen LogP contribution in [0.1, 0.15) is 18.9 Å². The molecule has 2 N–H and O–H groups in total. The zero-order valence-corrected chi connectivity index (χ0v) is 10.7. The maximum Gasteiger partial charge on any atom is 0.127 e. The lowest BCUT2D eigenvalue weighted by atomic mass is 10.1. The van der Waals surface area contributed by atoms with Crippen LogP contribution in [0, 0.1) is 0 Å². The van der Waals surface area contributed by atoms with Gasteiger partial charge in [0.25, 0.3) is 0 Å². The molecule has 1 rings (SSSR count). The molecule has 1 aromatic carbocycles. The van der Waals surface area contributed by atoms with Crippen molar-refractivity contribution in [1.82, 2.24) is 5.32 Å². The van der Waals surface area contributed by atoms with Gasteiger partial charge in [0.2, 0.25) is 0 Å². The van der Waals surface area contributed by atoms with Gasteiger partial charge < -0.3 is 19.9 Å². The third-order valence-corrected chi connectivity index (χ3v) is 2.79. The summed E-state index contributed by atoms with van der Waals surface area (Å²) in [6, 6.07) is 5.85. The summed E-state index contributed by atoms with van der Waals surface area (Å²) in [7, 11) is 3.27. The smallest absolute Gasteiger partial charge is 0.127 e. The van der Waals surface area contributed by atoms with E-state index >= 15 is 0 Å². The van der Waals surface area contributed by atoms with E-state index in [0.717, 1.165) is 23.5 Å². The summed E-state index contributed by atoms with van der Waals surface area (Å²) in [5, 5.41) is 12.4. The number of hydrogen-bond acceptors (Lipinski definition) is 4. The first-order valence-corrected chi connectivity index (χ1v) is 5.80. The predicted octanol–water partition coefficient (Wildman–Crippen LogP) is 1.56. The van der Waals surface area contributed by atoms with Gasteiger partial charge >= 0.3 is 0 Å². The molecule has 0 aliphatic carbocycles. The molecule has 0 amide bonds. The highest BCUT2D eigenvalue weighted by atomic mass is 16.5. The summed E-state index contributed by atoms with van der Waals surface area (Å²) in [5.74, 6) is 1.57. The van der Waals surface area contributed by atoms with Gasteiger partial charge in [-0.15, -0.1) is 0 Å². The summed E-state index contributed by atoms with van der Waals surface area (Å²) in [5.41, 5.74) is 1.06. The highest BCUT2D eigenvalue weighted by molar-refractivity contribution is 5.40. The van der Waals surface area contributed by atoms with E-state index < -0.39 is 0 Å². The molecule has 0 spiro atoms. The fourth-order valence-corrected chi connectivity index (χ4v) is 1.59. The Bertz CT molecular complexity index is 337. The minimum atomic E-state index is 0.127. The fraction of sp³-hybridized carbons (Fsp3) is 0.538. The topological polar surface area (TPSA) is 50.7 Å². The van der Waals surface area contributed by atoms with E-state index in [-0.39, 0.29) is 12.6 Å². The minimum absolute atomic E-state index is 0.127. The van der Waals surface area contributed by atoms with E-state index in [4.69, 9.17) is 14.6 Å². The molecule has 4 nitrogen and oxygen atoms in total. The molecule has 4 heteroatoms. The Morgan fingerprint density at radius 2 is 2.06 bits per heavy atom. The van der Waals surface area contributed by atoms with E-state index in [9.17, 15) is 0 Å². The molecule has 96 valence electrons. The molecule has 0 radical (unpaired) electrons. The maximum atomic E-state index is 9.10. The van der Waals surface area contributed by atoms with E-state index in [2.05, 4.69) is 5.32 Å². The maximum absolute atomic E-state index is 9.10. The van der Waals surface area contributed by atoms with Crippen LogP contribution in [0.5, 0.6) is 11.5 Å². The van der Waals surface area contributed by atoms with Gasteiger partial charge in [-0.1, -0.05) is 13.0 Å². The Kier molecular flexibility index (Phi) is 5.80. The molecule has 0 heterocycles. The Hall–Kier alpha value is -1.26. The number of hydrogen-bond donors (Lipinski definition) is 2. The van der Waals surface area contributed by atoms with Crippen LogP contribution in [0.3, 0.4) is 0 Å². The Morgan fingerprint density at radius 3 is 2.59 bits per heavy atom. The second-order valence-electron chi connectivity index (χ2n) is 3.85. The normalized spacial score (nSPS) is 12.2. The van der Waals surface area contributed by atoms with E-state index in [1.807, 2.05) is 25.1 Å². The minimum Gasteiger partial charge on any atom is -0.497 e. The van der Waals surface area contributed by atoms with Gasteiger partial charge in [-0.2, -0.15) is 0 Å². The van der Waals surface area contributed by atoms with Crippen LogP contribution in [-0.4, -0.2) is 32.0 Å². The van der Waals surface area contributed by atoms with Crippen molar-refractivity contribution < 1.29 is 14.6 Å². The van der Waals surface area contributed by atoms with Crippen molar-refractivity contribution in [2.24, 2.45) is 0 Å². The zero-order chi connectivity index (χ0) is 12.7. The standard InChI is InChI=1S/C13H21NO3/c1-4-11(9-15)14-8-10-5-6-12(16-2)7-13(10)17-3/h5-7,11,14-15H,4,8-9H2,1-3H3/t11-/m1/s1. The monoisotopic (exact) mass is 239 g/mol. The average molecular weight is 239 g/mol. The molecule has 1 atom stereocenters. The number of rotatable bonds is 7. The van der Waals surface area contributed by atoms with Gasteiger partial charge in [0.15, 0.2) is 0 Å². The van der Waals surface area contributed by atoms with Gasteiger partial charge in [-0.25, -0.2) is 0 Å². The number of aliphatic hydroxyl groups is 1. The van der Waals surface area contributed by atoms with Gasteiger partial charge in [0.05, 0.1) is 20.8 Å². The molecule has 0 saturated carbocycles. The van der Waals surface area contributed by atoms with Crippen LogP contribution >= 0.6 is 0 Å². The SMILES string of the molecule is CC[C@H](CO)NCc1ccc(OC)cc1OC. The van der Waals surface area contributed by atoms with Crippen LogP contribution in [0.25, 0.3) is 0 Å². The Labute approximate surface area is 103 Å². The average Bonchev–Trinajstić information content (AvgIpc) is 2.39. The fourth-order valence-electron chi connectivity index (χ4n) is 1.59. The molecule has 0 aromatic heterocycles. The van der Waals surface area contributed by atoms with Crippen molar-refractivity contribution in [2.75, 3.05) is 20.8 Å². The first kappa shape index (κ1) is 13.8. The van der Waals surface area contributed by atoms with Crippen LogP contribution in [0.2, 0.25) is 0 Å². The molecular formula is C13H21NO3. The van der Waals surface area contributed by atoms with Crippen molar-refractivity contribution in [1.29, 1.82) is 0 Å². The van der Waals surface area contributed by atoms with Gasteiger partial charge in [0.1, 0.15) is 11.5 Å². The first-order valence-electron chi connectivity index (χ1n) is 5.80. The third-order valence-electron chi connectivity index (χ3n) is 2.79. The van der Waals surface area contributed by atoms with Crippen LogP contribution in [0.15, 0.2) is 18.2 Å². The molecule has 0 unspecified atom stereocenters.